The van der Waals surface area contributed by atoms with Crippen molar-refractivity contribution in [2.75, 3.05) is 42.3 Å². The van der Waals surface area contributed by atoms with Crippen LogP contribution in [-0.2, 0) is 19.2 Å². The summed E-state index contributed by atoms with van der Waals surface area (Å²) in [6.07, 6.45) is -1.50. The molecule has 0 aromatic carbocycles. The van der Waals surface area contributed by atoms with E-state index in [1.165, 1.54) is 9.80 Å². The molecule has 0 saturated heterocycles. The average molecular weight is 607 g/mol. The fraction of sp³-hybridized carbons (Fsp3) is 0.875. The molecule has 0 aromatic rings. The largest absolute Gasteiger partial charge is 0.349 e. The van der Waals surface area contributed by atoms with Gasteiger partial charge in [-0.3, -0.25) is 29.0 Å². The second-order valence-corrected chi connectivity index (χ2v) is 13.6. The Morgan fingerprint density at radius 2 is 0.857 bits per heavy atom. The Morgan fingerprint density at radius 1 is 0.595 bits per heavy atom. The van der Waals surface area contributed by atoms with Gasteiger partial charge < -0.3 is 20.4 Å². The Labute approximate surface area is 264 Å². The van der Waals surface area contributed by atoms with Crippen LogP contribution in [0.15, 0.2) is 0 Å². The lowest BCUT2D eigenvalue weighted by atomic mass is 9.62. The monoisotopic (exact) mass is 607 g/mol. The van der Waals surface area contributed by atoms with Crippen LogP contribution in [0.4, 0.5) is 0 Å². The quantitative estimate of drug-likeness (QED) is 0.339. The summed E-state index contributed by atoms with van der Waals surface area (Å²) in [5.74, 6) is -0.160. The molecular weight excluding hydrogens is 532 g/mol. The Bertz CT molecular complexity index is 934. The molecule has 0 saturated carbocycles. The summed E-state index contributed by atoms with van der Waals surface area (Å²) in [6, 6.07) is -0.499. The van der Waals surface area contributed by atoms with Crippen molar-refractivity contribution in [3.63, 3.8) is 0 Å². The summed E-state index contributed by atoms with van der Waals surface area (Å²) in [5.41, 5.74) is -2.97. The number of amides is 4. The second kappa shape index (κ2) is 17.8. The van der Waals surface area contributed by atoms with E-state index in [1.54, 1.807) is 14.1 Å². The highest BCUT2D eigenvalue weighted by molar-refractivity contribution is 5.82. The van der Waals surface area contributed by atoms with E-state index in [4.69, 9.17) is 2.74 Å². The summed E-state index contributed by atoms with van der Waals surface area (Å²) in [6.45, 7) is 22.8. The van der Waals surface area contributed by atoms with Crippen molar-refractivity contribution in [1.29, 1.82) is 0 Å². The van der Waals surface area contributed by atoms with Crippen molar-refractivity contribution >= 4 is 24.6 Å². The number of nitrogens with zero attached hydrogens (tertiary/aromatic N) is 4. The molecule has 0 fully saturated rings. The van der Waals surface area contributed by atoms with Gasteiger partial charge in [-0.25, -0.2) is 0 Å². The number of carbonyl (C=O) groups is 4. The van der Waals surface area contributed by atoms with Crippen LogP contribution in [0.5, 0.6) is 0 Å². The van der Waals surface area contributed by atoms with Crippen molar-refractivity contribution in [1.82, 2.24) is 30.2 Å². The molecule has 0 aliphatic carbocycles. The van der Waals surface area contributed by atoms with Gasteiger partial charge in [-0.05, 0) is 97.4 Å². The molecule has 10 nitrogen and oxygen atoms in total. The first-order chi connectivity index (χ1) is 17.9. The fourth-order valence-corrected chi connectivity index (χ4v) is 3.43. The summed E-state index contributed by atoms with van der Waals surface area (Å²) >= 11 is 0. The number of rotatable bonds is 11. The number of likely N-dealkylation sites (N-methyl/N-ethyl adjacent to an activating group) is 3. The van der Waals surface area contributed by atoms with E-state index in [1.807, 2.05) is 121 Å². The summed E-state index contributed by atoms with van der Waals surface area (Å²) in [4.78, 5) is 53.7. The first-order valence-corrected chi connectivity index (χ1v) is 13.4. The number of carbonyl (C=O) groups excluding carboxylic acids is 4. The minimum Gasteiger partial charge on any atom is -0.349 e. The molecule has 2 atom stereocenters. The van der Waals surface area contributed by atoms with Crippen LogP contribution < -0.4 is 10.6 Å². The third-order valence-corrected chi connectivity index (χ3v) is 9.75. The van der Waals surface area contributed by atoms with Gasteiger partial charge in [-0.2, -0.15) is 0 Å². The molecule has 4 amide bonds. The molecule has 0 bridgehead atoms. The molecule has 2 N–H and O–H groups in total. The van der Waals surface area contributed by atoms with Crippen molar-refractivity contribution in [3.05, 3.63) is 0 Å². The first-order valence-electron chi connectivity index (χ1n) is 14.4. The second-order valence-electron chi connectivity index (χ2n) is 13.6. The van der Waals surface area contributed by atoms with Crippen molar-refractivity contribution < 1.29 is 21.9 Å². The maximum Gasteiger partial charge on any atom is 0.237 e. The van der Waals surface area contributed by atoms with Gasteiger partial charge in [-0.1, -0.05) is 36.1 Å². The smallest absolute Gasteiger partial charge is 0.237 e. The molecule has 0 aliphatic rings. The van der Waals surface area contributed by atoms with E-state index in [-0.39, 0.29) is 46.2 Å². The minimum atomic E-state index is -0.770. The maximum absolute atomic E-state index is 12.4. The van der Waals surface area contributed by atoms with E-state index >= 15 is 0 Å². The molecule has 10 heteroatoms. The molecular formula is C32H72N6O4. The van der Waals surface area contributed by atoms with Crippen LogP contribution in [0.1, 0.15) is 108 Å². The third kappa shape index (κ3) is 11.5. The highest BCUT2D eigenvalue weighted by atomic mass is 16.2. The van der Waals surface area contributed by atoms with Crippen LogP contribution in [0, 0.1) is 5.41 Å². The lowest BCUT2D eigenvalue weighted by molar-refractivity contribution is -0.133. The molecule has 0 spiro atoms. The summed E-state index contributed by atoms with van der Waals surface area (Å²) < 4.78 is 14.6. The zero-order valence-electron chi connectivity index (χ0n) is 30.1. The van der Waals surface area contributed by atoms with Crippen LogP contribution in [0.2, 0.25) is 0 Å². The standard InChI is InChI=1S/C16H33N3O2.C13H27N3O2.3CH4/c1-12(18(8)9)13(21)17-15(4,5)14(2,3)16(6,7)19(10)11-20;1-10(15(6)7)11(18)14-12(2,3)13(4,5)16(8)9-17;;;/h11-12H,1-10H3,(H,17,21);9-10H,1-8H3,(H,14,18);3*1H4/i11D;9D;;;. The van der Waals surface area contributed by atoms with Gasteiger partial charge >= 0.3 is 0 Å². The zero-order chi connectivity index (χ0) is 33.7. The Kier molecular flexibility index (Phi) is 18.8. The fourth-order valence-electron chi connectivity index (χ4n) is 3.43. The highest BCUT2D eigenvalue weighted by Gasteiger charge is 2.51. The number of nitrogens with one attached hydrogen (secondary N) is 2. The van der Waals surface area contributed by atoms with E-state index in [2.05, 4.69) is 10.6 Å². The van der Waals surface area contributed by atoms with Crippen LogP contribution in [-0.4, -0.2) is 121 Å². The lowest BCUT2D eigenvalue weighted by Gasteiger charge is -2.55. The highest BCUT2D eigenvalue weighted by Crippen LogP contribution is 2.43. The van der Waals surface area contributed by atoms with Crippen LogP contribution >= 0.6 is 0 Å². The van der Waals surface area contributed by atoms with Crippen LogP contribution in [0.25, 0.3) is 0 Å². The van der Waals surface area contributed by atoms with E-state index < -0.39 is 40.3 Å². The third-order valence-electron chi connectivity index (χ3n) is 9.75. The SMILES string of the molecule is C.C.C.[2H]C(=O)N(C)C(C)(C)C(C)(C)C(C)(C)NC(=O)C(C)N(C)C.[2H]C(=O)N(C)C(C)(C)C(C)(C)NC(=O)C(C)N(C)C. The van der Waals surface area contributed by atoms with Crippen molar-refractivity contribution in [3.8, 4) is 0 Å². The van der Waals surface area contributed by atoms with Gasteiger partial charge in [-0.15, -0.1) is 0 Å². The average Bonchev–Trinajstić information content (AvgIpc) is 2.80. The number of hydrogen-bond acceptors (Lipinski definition) is 6. The van der Waals surface area contributed by atoms with Gasteiger partial charge in [0.1, 0.15) is 2.74 Å². The molecule has 0 rings (SSSR count). The molecule has 42 heavy (non-hydrogen) atoms. The molecule has 0 heterocycles. The number of hydrogen-bond donors (Lipinski definition) is 2. The Morgan fingerprint density at radius 3 is 1.12 bits per heavy atom. The Balaban J connectivity index is -0.000000218. The maximum atomic E-state index is 12.4. The Hall–Kier alpha value is -2.20. The minimum absolute atomic E-state index is 0. The van der Waals surface area contributed by atoms with Gasteiger partial charge in [0.2, 0.25) is 24.6 Å². The lowest BCUT2D eigenvalue weighted by Crippen LogP contribution is -2.66. The molecule has 0 aromatic heterocycles. The topological polar surface area (TPSA) is 105 Å². The predicted molar refractivity (Wildman–Crippen MR) is 181 cm³/mol. The summed E-state index contributed by atoms with van der Waals surface area (Å²) in [5, 5.41) is 6.05. The van der Waals surface area contributed by atoms with E-state index in [0.29, 0.717) is 0 Å². The van der Waals surface area contributed by atoms with Crippen molar-refractivity contribution in [2.24, 2.45) is 5.41 Å². The molecule has 2 unspecified atom stereocenters. The van der Waals surface area contributed by atoms with Crippen molar-refractivity contribution in [2.45, 2.75) is 140 Å². The molecule has 254 valence electrons. The zero-order valence-corrected chi connectivity index (χ0v) is 28.1. The van der Waals surface area contributed by atoms with Crippen LogP contribution in [0.3, 0.4) is 0 Å². The predicted octanol–water partition coefficient (Wildman–Crippen LogP) is 4.33. The van der Waals surface area contributed by atoms with Gasteiger partial charge in [0.05, 0.1) is 23.2 Å². The normalized spacial score (nSPS) is 14.2. The first kappa shape index (κ1) is 44.2. The van der Waals surface area contributed by atoms with E-state index in [9.17, 15) is 19.2 Å². The van der Waals surface area contributed by atoms with E-state index in [0.717, 1.165) is 0 Å². The molecule has 0 aliphatic heterocycles. The van der Waals surface area contributed by atoms with Gasteiger partial charge in [0, 0.05) is 30.6 Å². The van der Waals surface area contributed by atoms with Gasteiger partial charge in [0.25, 0.3) is 0 Å². The molecule has 0 radical (unpaired) electrons. The van der Waals surface area contributed by atoms with Gasteiger partial charge in [0.15, 0.2) is 0 Å². The summed E-state index contributed by atoms with van der Waals surface area (Å²) in [7, 11) is 10.6.